The molecule has 0 radical (unpaired) electrons. The molecule has 4 rings (SSSR count). The lowest BCUT2D eigenvalue weighted by Crippen LogP contribution is -1.89. The van der Waals surface area contributed by atoms with Crippen LogP contribution in [-0.4, -0.2) is 22.1 Å². The zero-order chi connectivity index (χ0) is 17.2. The Morgan fingerprint density at radius 3 is 2.64 bits per heavy atom. The van der Waals surface area contributed by atoms with Crippen molar-refractivity contribution in [3.05, 3.63) is 65.4 Å². The number of ether oxygens (including phenoxy) is 2. The number of halogens is 1. The fourth-order valence-electron chi connectivity index (χ4n) is 2.59. The van der Waals surface area contributed by atoms with Crippen molar-refractivity contribution in [3.63, 3.8) is 0 Å². The zero-order valence-corrected chi connectivity index (χ0v) is 14.9. The van der Waals surface area contributed by atoms with E-state index in [0.29, 0.717) is 11.6 Å². The van der Waals surface area contributed by atoms with Crippen LogP contribution >= 0.6 is 15.9 Å². The smallest absolute Gasteiger partial charge is 0.231 e. The highest BCUT2D eigenvalue weighted by atomic mass is 79.9. The molecule has 0 saturated carbocycles. The van der Waals surface area contributed by atoms with Gasteiger partial charge in [-0.15, -0.1) is 0 Å². The van der Waals surface area contributed by atoms with Gasteiger partial charge in [0.15, 0.2) is 0 Å². The Morgan fingerprint density at radius 1 is 0.960 bits per heavy atom. The molecule has 4 aromatic rings. The van der Waals surface area contributed by atoms with E-state index in [1.165, 1.54) is 6.33 Å². The third-order valence-corrected chi connectivity index (χ3v) is 4.27. The van der Waals surface area contributed by atoms with E-state index in [0.717, 1.165) is 32.5 Å². The second-order valence-electron chi connectivity index (χ2n) is 5.42. The average Bonchev–Trinajstić information content (AvgIpc) is 3.07. The number of methoxy groups -OCH3 is 1. The number of H-pyrrole nitrogens is 1. The molecule has 25 heavy (non-hydrogen) atoms. The number of fused-ring (bicyclic) bond motifs is 1. The van der Waals surface area contributed by atoms with Gasteiger partial charge in [-0.1, -0.05) is 34.1 Å². The van der Waals surface area contributed by atoms with Crippen molar-refractivity contribution in [2.75, 3.05) is 7.11 Å². The van der Waals surface area contributed by atoms with Crippen LogP contribution < -0.4 is 9.47 Å². The Labute approximate surface area is 152 Å². The van der Waals surface area contributed by atoms with Gasteiger partial charge in [-0.25, -0.2) is 9.97 Å². The molecule has 2 aromatic heterocycles. The molecule has 0 unspecified atom stereocenters. The number of aromatic nitrogens is 3. The summed E-state index contributed by atoms with van der Waals surface area (Å²) in [5.41, 5.74) is 2.65. The molecule has 2 aromatic carbocycles. The predicted molar refractivity (Wildman–Crippen MR) is 100 cm³/mol. The van der Waals surface area contributed by atoms with Gasteiger partial charge in [0.25, 0.3) is 0 Å². The fraction of sp³-hybridized carbons (Fsp3) is 0.0526. The molecule has 0 aliphatic rings. The van der Waals surface area contributed by atoms with Crippen molar-refractivity contribution < 1.29 is 9.47 Å². The van der Waals surface area contributed by atoms with Crippen LogP contribution in [0.2, 0.25) is 0 Å². The molecule has 124 valence electrons. The van der Waals surface area contributed by atoms with Crippen LogP contribution in [-0.2, 0) is 0 Å². The minimum absolute atomic E-state index is 0.508. The first-order valence-electron chi connectivity index (χ1n) is 7.64. The molecular formula is C19H14BrN3O2. The number of hydrogen-bond donors (Lipinski definition) is 1. The van der Waals surface area contributed by atoms with E-state index in [9.17, 15) is 0 Å². The van der Waals surface area contributed by atoms with Crippen LogP contribution in [0.4, 0.5) is 0 Å². The number of rotatable bonds is 4. The van der Waals surface area contributed by atoms with Gasteiger partial charge in [-0.05, 0) is 36.4 Å². The molecule has 0 aliphatic heterocycles. The summed E-state index contributed by atoms with van der Waals surface area (Å²) < 4.78 is 12.2. The molecule has 6 heteroatoms. The van der Waals surface area contributed by atoms with Crippen LogP contribution in [0.15, 0.2) is 65.4 Å². The van der Waals surface area contributed by atoms with Crippen LogP contribution in [0.1, 0.15) is 0 Å². The topological polar surface area (TPSA) is 60.0 Å². The number of nitrogens with zero attached hydrogens (tertiary/aromatic N) is 2. The predicted octanol–water partition coefficient (Wildman–Crippen LogP) is 5.19. The second-order valence-corrected chi connectivity index (χ2v) is 6.33. The summed E-state index contributed by atoms with van der Waals surface area (Å²) in [5.74, 6) is 2.01. The van der Waals surface area contributed by atoms with E-state index in [4.69, 9.17) is 9.47 Å². The van der Waals surface area contributed by atoms with Crippen molar-refractivity contribution >= 4 is 27.0 Å². The summed E-state index contributed by atoms with van der Waals surface area (Å²) in [7, 11) is 1.65. The Morgan fingerprint density at radius 2 is 1.80 bits per heavy atom. The highest BCUT2D eigenvalue weighted by molar-refractivity contribution is 9.10. The van der Waals surface area contributed by atoms with Crippen LogP contribution in [0, 0.1) is 0 Å². The van der Waals surface area contributed by atoms with Gasteiger partial charge in [0.1, 0.15) is 23.5 Å². The minimum atomic E-state index is 0.508. The van der Waals surface area contributed by atoms with Crippen LogP contribution in [0.5, 0.6) is 17.4 Å². The SMILES string of the molecule is COc1cccc(-c2cc3c(Oc4cccc(Br)c4)ncnc3[nH]2)c1. The zero-order valence-electron chi connectivity index (χ0n) is 13.4. The first-order chi connectivity index (χ1) is 12.2. The first-order valence-corrected chi connectivity index (χ1v) is 8.44. The maximum atomic E-state index is 5.94. The molecule has 0 spiro atoms. The highest BCUT2D eigenvalue weighted by Crippen LogP contribution is 2.32. The second kappa shape index (κ2) is 6.57. The summed E-state index contributed by atoms with van der Waals surface area (Å²) in [4.78, 5) is 11.9. The molecule has 0 bridgehead atoms. The summed E-state index contributed by atoms with van der Waals surface area (Å²) in [6.45, 7) is 0. The van der Waals surface area contributed by atoms with Crippen molar-refractivity contribution in [3.8, 4) is 28.6 Å². The lowest BCUT2D eigenvalue weighted by Gasteiger charge is -2.05. The fourth-order valence-corrected chi connectivity index (χ4v) is 2.96. The van der Waals surface area contributed by atoms with Gasteiger partial charge < -0.3 is 14.5 Å². The third-order valence-electron chi connectivity index (χ3n) is 3.78. The number of nitrogens with one attached hydrogen (secondary N) is 1. The Balaban J connectivity index is 1.75. The molecule has 1 N–H and O–H groups in total. The quantitative estimate of drug-likeness (QED) is 0.516. The summed E-state index contributed by atoms with van der Waals surface area (Å²) in [5, 5.41) is 0.820. The Bertz CT molecular complexity index is 1050. The van der Waals surface area contributed by atoms with Gasteiger partial charge in [0, 0.05) is 15.7 Å². The molecule has 0 aliphatic carbocycles. The van der Waals surface area contributed by atoms with E-state index < -0.39 is 0 Å². The van der Waals surface area contributed by atoms with Gasteiger partial charge in [-0.2, -0.15) is 0 Å². The monoisotopic (exact) mass is 395 g/mol. The van der Waals surface area contributed by atoms with Gasteiger partial charge >= 0.3 is 0 Å². The highest BCUT2D eigenvalue weighted by Gasteiger charge is 2.12. The van der Waals surface area contributed by atoms with Gasteiger partial charge in [0.2, 0.25) is 5.88 Å². The van der Waals surface area contributed by atoms with E-state index in [-0.39, 0.29) is 0 Å². The number of hydrogen-bond acceptors (Lipinski definition) is 4. The van der Waals surface area contributed by atoms with E-state index in [1.807, 2.05) is 54.6 Å². The molecular weight excluding hydrogens is 382 g/mol. The summed E-state index contributed by atoms with van der Waals surface area (Å²) in [6.07, 6.45) is 1.49. The first kappa shape index (κ1) is 15.7. The van der Waals surface area contributed by atoms with E-state index in [2.05, 4.69) is 30.9 Å². The van der Waals surface area contributed by atoms with Crippen molar-refractivity contribution in [1.82, 2.24) is 15.0 Å². The minimum Gasteiger partial charge on any atom is -0.497 e. The number of benzene rings is 2. The molecule has 0 fully saturated rings. The lowest BCUT2D eigenvalue weighted by molar-refractivity contribution is 0.415. The summed E-state index contributed by atoms with van der Waals surface area (Å²) >= 11 is 3.44. The molecule has 0 saturated heterocycles. The Hall–Kier alpha value is -2.86. The van der Waals surface area contributed by atoms with E-state index in [1.54, 1.807) is 7.11 Å². The summed E-state index contributed by atoms with van der Waals surface area (Å²) in [6, 6.07) is 17.5. The van der Waals surface area contributed by atoms with Gasteiger partial charge in [0.05, 0.1) is 12.5 Å². The van der Waals surface area contributed by atoms with Crippen molar-refractivity contribution in [2.45, 2.75) is 0 Å². The van der Waals surface area contributed by atoms with Crippen molar-refractivity contribution in [1.29, 1.82) is 0 Å². The average molecular weight is 396 g/mol. The molecule has 2 heterocycles. The van der Waals surface area contributed by atoms with Crippen LogP contribution in [0.25, 0.3) is 22.3 Å². The van der Waals surface area contributed by atoms with Crippen LogP contribution in [0.3, 0.4) is 0 Å². The van der Waals surface area contributed by atoms with Gasteiger partial charge in [-0.3, -0.25) is 0 Å². The standard InChI is InChI=1S/C19H14BrN3O2/c1-24-14-6-2-4-12(8-14)17-10-16-18(23-17)21-11-22-19(16)25-15-7-3-5-13(20)9-15/h2-11H,1H3,(H,21,22,23). The molecule has 5 nitrogen and oxygen atoms in total. The van der Waals surface area contributed by atoms with Crippen molar-refractivity contribution in [2.24, 2.45) is 0 Å². The van der Waals surface area contributed by atoms with E-state index >= 15 is 0 Å². The number of aromatic amines is 1. The maximum Gasteiger partial charge on any atom is 0.231 e. The largest absolute Gasteiger partial charge is 0.497 e. The lowest BCUT2D eigenvalue weighted by atomic mass is 10.1. The normalized spacial score (nSPS) is 10.8. The maximum absolute atomic E-state index is 5.94. The Kier molecular flexibility index (Phi) is 4.11. The molecule has 0 atom stereocenters. The molecule has 0 amide bonds. The third kappa shape index (κ3) is 3.21.